The van der Waals surface area contributed by atoms with Crippen molar-refractivity contribution in [1.29, 1.82) is 0 Å². The third kappa shape index (κ3) is 2.58. The Balaban J connectivity index is 1.70. The second kappa shape index (κ2) is 6.52. The van der Waals surface area contributed by atoms with Gasteiger partial charge in [0.1, 0.15) is 6.10 Å². The van der Waals surface area contributed by atoms with Gasteiger partial charge in [-0.15, -0.1) is 0 Å². The lowest BCUT2D eigenvalue weighted by molar-refractivity contribution is -0.172. The molecule has 142 valence electrons. The average Bonchev–Trinajstić information content (AvgIpc) is 2.82. The van der Waals surface area contributed by atoms with E-state index < -0.39 is 8.32 Å². The van der Waals surface area contributed by atoms with Crippen LogP contribution in [0, 0.1) is 23.2 Å². The van der Waals surface area contributed by atoms with Crippen LogP contribution < -0.4 is 0 Å². The van der Waals surface area contributed by atoms with Gasteiger partial charge in [-0.25, -0.2) is 0 Å². The Morgan fingerprint density at radius 1 is 1.12 bits per heavy atom. The first-order valence-corrected chi connectivity index (χ1v) is 12.3. The Hall–Kier alpha value is -0.613. The molecule has 0 amide bonds. The minimum atomic E-state index is -1.80. The summed E-state index contributed by atoms with van der Waals surface area (Å²) in [6, 6.07) is 0. The van der Waals surface area contributed by atoms with Crippen molar-refractivity contribution in [2.75, 3.05) is 6.61 Å². The van der Waals surface area contributed by atoms with E-state index in [0.29, 0.717) is 34.4 Å². The lowest BCUT2D eigenvalue weighted by atomic mass is 9.42. The molecule has 3 rings (SSSR count). The Morgan fingerprint density at radius 2 is 1.72 bits per heavy atom. The lowest BCUT2D eigenvalue weighted by Gasteiger charge is -2.63. The van der Waals surface area contributed by atoms with Gasteiger partial charge in [0.15, 0.2) is 8.32 Å². The van der Waals surface area contributed by atoms with E-state index in [9.17, 15) is 4.79 Å². The van der Waals surface area contributed by atoms with Crippen molar-refractivity contribution in [3.8, 4) is 0 Å². The Kier molecular flexibility index (Phi) is 5.00. The van der Waals surface area contributed by atoms with Crippen molar-refractivity contribution in [1.82, 2.24) is 0 Å². The monoisotopic (exact) mass is 364 g/mol. The predicted molar refractivity (Wildman–Crippen MR) is 104 cm³/mol. The molecular weight excluding hydrogens is 328 g/mol. The maximum atomic E-state index is 11.4. The molecule has 4 heteroatoms. The van der Waals surface area contributed by atoms with Crippen LogP contribution in [0.15, 0.2) is 12.2 Å². The van der Waals surface area contributed by atoms with E-state index in [1.165, 1.54) is 13.3 Å². The van der Waals surface area contributed by atoms with E-state index >= 15 is 0 Å². The summed E-state index contributed by atoms with van der Waals surface area (Å²) in [5.74, 6) is 1.69. The topological polar surface area (TPSA) is 35.5 Å². The molecule has 5 atom stereocenters. The SMILES string of the molecule is CC(=O)O[C@H]1CC[C@H]2[C@H](CO[Si](C(C)C)(C(C)C)C(C)C)[C@@H]3C=CC132. The lowest BCUT2D eigenvalue weighted by Crippen LogP contribution is -2.63. The largest absolute Gasteiger partial charge is 0.462 e. The number of allylic oxidation sites excluding steroid dienone is 1. The normalized spacial score (nSPS) is 36.2. The standard InChI is InChI=1S/C21H36O3Si/c1-13(2)25(14(3)4,15(5)6)23-12-17-18-8-9-20(24-16(7)22)21(18)11-10-19(17)21/h10-11,13-15,17-20H,8-9,12H2,1-7H3/t17-,18-,19-,20-,21?/m0/s1. The van der Waals surface area contributed by atoms with Gasteiger partial charge in [0.2, 0.25) is 0 Å². The maximum Gasteiger partial charge on any atom is 0.302 e. The van der Waals surface area contributed by atoms with Crippen molar-refractivity contribution in [2.45, 2.75) is 84.0 Å². The Bertz CT molecular complexity index is 532. The number of rotatable bonds is 7. The maximum absolute atomic E-state index is 11.4. The van der Waals surface area contributed by atoms with E-state index in [1.807, 2.05) is 0 Å². The zero-order valence-electron chi connectivity index (χ0n) is 17.0. The van der Waals surface area contributed by atoms with Crippen LogP contribution in [-0.4, -0.2) is 27.0 Å². The Morgan fingerprint density at radius 3 is 2.16 bits per heavy atom. The van der Waals surface area contributed by atoms with E-state index in [1.54, 1.807) is 0 Å². The molecule has 2 saturated carbocycles. The number of esters is 1. The van der Waals surface area contributed by atoms with Crippen LogP contribution in [0.25, 0.3) is 0 Å². The molecule has 0 N–H and O–H groups in total. The number of carbonyl (C=O) groups excluding carboxylic acids is 1. The highest BCUT2D eigenvalue weighted by molar-refractivity contribution is 6.77. The number of hydrogen-bond donors (Lipinski definition) is 0. The molecule has 0 bridgehead atoms. The van der Waals surface area contributed by atoms with Gasteiger partial charge in [-0.05, 0) is 47.2 Å². The molecule has 0 aromatic carbocycles. The molecule has 25 heavy (non-hydrogen) atoms. The van der Waals surface area contributed by atoms with Crippen molar-refractivity contribution in [3.05, 3.63) is 12.2 Å². The summed E-state index contributed by atoms with van der Waals surface area (Å²) in [5.41, 5.74) is 2.04. The highest BCUT2D eigenvalue weighted by Gasteiger charge is 2.70. The molecule has 3 aliphatic rings. The molecule has 0 radical (unpaired) electrons. The zero-order valence-corrected chi connectivity index (χ0v) is 18.0. The fraction of sp³-hybridized carbons (Fsp3) is 0.857. The fourth-order valence-corrected chi connectivity index (χ4v) is 12.2. The van der Waals surface area contributed by atoms with Crippen LogP contribution in [0.3, 0.4) is 0 Å². The van der Waals surface area contributed by atoms with Gasteiger partial charge < -0.3 is 9.16 Å². The summed E-state index contributed by atoms with van der Waals surface area (Å²) in [6.45, 7) is 16.6. The van der Waals surface area contributed by atoms with E-state index in [0.717, 1.165) is 13.0 Å². The molecule has 2 fully saturated rings. The Labute approximate surface area is 154 Å². The van der Waals surface area contributed by atoms with Crippen LogP contribution in [-0.2, 0) is 14.0 Å². The number of ether oxygens (including phenoxy) is 1. The van der Waals surface area contributed by atoms with Crippen molar-refractivity contribution in [3.63, 3.8) is 0 Å². The number of carbonyl (C=O) groups is 1. The molecular formula is C21H36O3Si. The summed E-state index contributed by atoms with van der Waals surface area (Å²) in [4.78, 5) is 11.4. The molecule has 3 aliphatic carbocycles. The van der Waals surface area contributed by atoms with Crippen molar-refractivity contribution in [2.24, 2.45) is 23.2 Å². The van der Waals surface area contributed by atoms with Crippen LogP contribution in [0.1, 0.15) is 61.3 Å². The minimum Gasteiger partial charge on any atom is -0.462 e. The van der Waals surface area contributed by atoms with Crippen LogP contribution in [0.2, 0.25) is 16.6 Å². The molecule has 1 spiro atoms. The number of hydrogen-bond acceptors (Lipinski definition) is 3. The van der Waals surface area contributed by atoms with E-state index in [4.69, 9.17) is 9.16 Å². The third-order valence-electron chi connectivity index (χ3n) is 7.63. The van der Waals surface area contributed by atoms with Gasteiger partial charge in [0, 0.05) is 18.9 Å². The molecule has 0 aromatic rings. The highest BCUT2D eigenvalue weighted by Crippen LogP contribution is 2.71. The summed E-state index contributed by atoms with van der Waals surface area (Å²) in [6.07, 6.45) is 6.96. The first kappa shape index (κ1) is 19.2. The molecule has 0 aromatic heterocycles. The van der Waals surface area contributed by atoms with E-state index in [2.05, 4.69) is 53.7 Å². The molecule has 0 heterocycles. The molecule has 1 unspecified atom stereocenters. The molecule has 0 aliphatic heterocycles. The summed E-state index contributed by atoms with van der Waals surface area (Å²) in [5, 5.41) is 0. The van der Waals surface area contributed by atoms with Crippen LogP contribution in [0.4, 0.5) is 0 Å². The highest BCUT2D eigenvalue weighted by atomic mass is 28.4. The molecule has 0 saturated heterocycles. The zero-order chi connectivity index (χ0) is 18.6. The summed E-state index contributed by atoms with van der Waals surface area (Å²) >= 11 is 0. The first-order chi connectivity index (χ1) is 11.7. The van der Waals surface area contributed by atoms with Crippen LogP contribution in [0.5, 0.6) is 0 Å². The van der Waals surface area contributed by atoms with Crippen molar-refractivity contribution < 1.29 is 14.0 Å². The second-order valence-corrected chi connectivity index (χ2v) is 14.9. The van der Waals surface area contributed by atoms with Crippen LogP contribution >= 0.6 is 0 Å². The van der Waals surface area contributed by atoms with Crippen molar-refractivity contribution >= 4 is 14.3 Å². The smallest absolute Gasteiger partial charge is 0.302 e. The minimum absolute atomic E-state index is 0.101. The van der Waals surface area contributed by atoms with Gasteiger partial charge in [-0.3, -0.25) is 4.79 Å². The first-order valence-electron chi connectivity index (χ1n) is 10.2. The predicted octanol–water partition coefficient (Wildman–Crippen LogP) is 5.32. The van der Waals surface area contributed by atoms with Gasteiger partial charge in [-0.2, -0.15) is 0 Å². The summed E-state index contributed by atoms with van der Waals surface area (Å²) < 4.78 is 12.5. The summed E-state index contributed by atoms with van der Waals surface area (Å²) in [7, 11) is -1.80. The second-order valence-electron chi connectivity index (χ2n) is 9.46. The van der Waals surface area contributed by atoms with Gasteiger partial charge in [0.25, 0.3) is 0 Å². The van der Waals surface area contributed by atoms with Gasteiger partial charge in [-0.1, -0.05) is 53.7 Å². The third-order valence-corrected chi connectivity index (χ3v) is 13.7. The van der Waals surface area contributed by atoms with Gasteiger partial charge >= 0.3 is 5.97 Å². The van der Waals surface area contributed by atoms with E-state index in [-0.39, 0.29) is 17.5 Å². The quantitative estimate of drug-likeness (QED) is 0.348. The average molecular weight is 365 g/mol. The van der Waals surface area contributed by atoms with Gasteiger partial charge in [0.05, 0.1) is 0 Å². The fourth-order valence-electron chi connectivity index (χ4n) is 6.74. The molecule has 3 nitrogen and oxygen atoms in total.